The minimum Gasteiger partial charge on any atom is -0.382 e. The molecular formula is C16H28N4. The van der Waals surface area contributed by atoms with Crippen molar-refractivity contribution < 1.29 is 0 Å². The monoisotopic (exact) mass is 276 g/mol. The minimum absolute atomic E-state index is 0.601. The second-order valence-electron chi connectivity index (χ2n) is 5.62. The summed E-state index contributed by atoms with van der Waals surface area (Å²) in [5.41, 5.74) is 1.19. The van der Waals surface area contributed by atoms with Crippen molar-refractivity contribution in [2.75, 3.05) is 36.8 Å². The predicted octanol–water partition coefficient (Wildman–Crippen LogP) is 3.19. The third-order valence-electron chi connectivity index (χ3n) is 3.81. The smallest absolute Gasteiger partial charge is 0.127 e. The van der Waals surface area contributed by atoms with Gasteiger partial charge in [-0.15, -0.1) is 0 Å². The maximum absolute atomic E-state index is 4.35. The molecule has 0 bridgehead atoms. The average Bonchev–Trinajstić information content (AvgIpc) is 2.48. The largest absolute Gasteiger partial charge is 0.382 e. The number of rotatable bonds is 7. The van der Waals surface area contributed by atoms with Crippen LogP contribution in [-0.2, 0) is 0 Å². The van der Waals surface area contributed by atoms with Crippen LogP contribution in [0.25, 0.3) is 0 Å². The van der Waals surface area contributed by atoms with Crippen molar-refractivity contribution in [1.82, 2.24) is 9.88 Å². The van der Waals surface area contributed by atoms with E-state index in [9.17, 15) is 0 Å². The van der Waals surface area contributed by atoms with Crippen LogP contribution in [0.1, 0.15) is 39.5 Å². The Balaban J connectivity index is 1.81. The fraction of sp³-hybridized carbons (Fsp3) is 0.688. The van der Waals surface area contributed by atoms with Crippen LogP contribution in [0.15, 0.2) is 18.3 Å². The number of likely N-dealkylation sites (tertiary alicyclic amines) is 1. The Morgan fingerprint density at radius 2 is 2.05 bits per heavy atom. The van der Waals surface area contributed by atoms with E-state index < -0.39 is 0 Å². The first kappa shape index (κ1) is 15.1. The lowest BCUT2D eigenvalue weighted by Gasteiger charge is -2.32. The molecule has 2 rings (SSSR count). The molecule has 0 aromatic carbocycles. The SMILES string of the molecule is CCCNc1cc(NC2CCN(CCC)CC2)ccn1. The van der Waals surface area contributed by atoms with Gasteiger partial charge in [0.2, 0.25) is 0 Å². The maximum atomic E-state index is 4.35. The lowest BCUT2D eigenvalue weighted by atomic mass is 10.0. The first-order chi connectivity index (χ1) is 9.81. The van der Waals surface area contributed by atoms with E-state index in [1.807, 2.05) is 6.20 Å². The van der Waals surface area contributed by atoms with Crippen molar-refractivity contribution in [2.24, 2.45) is 0 Å². The van der Waals surface area contributed by atoms with Gasteiger partial charge in [-0.1, -0.05) is 13.8 Å². The molecule has 0 aliphatic carbocycles. The Morgan fingerprint density at radius 3 is 2.75 bits per heavy atom. The van der Waals surface area contributed by atoms with Crippen LogP contribution in [-0.4, -0.2) is 42.1 Å². The molecule has 0 amide bonds. The Morgan fingerprint density at radius 1 is 1.25 bits per heavy atom. The summed E-state index contributed by atoms with van der Waals surface area (Å²) in [4.78, 5) is 6.92. The molecule has 0 spiro atoms. The highest BCUT2D eigenvalue weighted by Crippen LogP contribution is 2.18. The van der Waals surface area contributed by atoms with Crippen LogP contribution >= 0.6 is 0 Å². The zero-order valence-corrected chi connectivity index (χ0v) is 12.9. The molecule has 20 heavy (non-hydrogen) atoms. The van der Waals surface area contributed by atoms with E-state index in [0.29, 0.717) is 6.04 Å². The van der Waals surface area contributed by atoms with Crippen LogP contribution in [0.4, 0.5) is 11.5 Å². The topological polar surface area (TPSA) is 40.2 Å². The molecule has 1 fully saturated rings. The van der Waals surface area contributed by atoms with Crippen LogP contribution in [0.2, 0.25) is 0 Å². The highest BCUT2D eigenvalue weighted by molar-refractivity contribution is 5.52. The summed E-state index contributed by atoms with van der Waals surface area (Å²) in [6.07, 6.45) is 6.73. The van der Waals surface area contributed by atoms with Gasteiger partial charge < -0.3 is 15.5 Å². The summed E-state index contributed by atoms with van der Waals surface area (Å²) >= 11 is 0. The molecule has 0 unspecified atom stereocenters. The lowest BCUT2D eigenvalue weighted by Crippen LogP contribution is -2.39. The molecule has 1 aliphatic rings. The first-order valence-corrected chi connectivity index (χ1v) is 8.00. The predicted molar refractivity (Wildman–Crippen MR) is 86.4 cm³/mol. The average molecular weight is 276 g/mol. The Hall–Kier alpha value is -1.29. The van der Waals surface area contributed by atoms with E-state index in [-0.39, 0.29) is 0 Å². The van der Waals surface area contributed by atoms with Gasteiger partial charge in [0.1, 0.15) is 5.82 Å². The molecule has 112 valence electrons. The summed E-state index contributed by atoms with van der Waals surface area (Å²) in [6, 6.07) is 4.79. The molecule has 1 saturated heterocycles. The van der Waals surface area contributed by atoms with E-state index in [0.717, 1.165) is 18.8 Å². The van der Waals surface area contributed by atoms with Crippen molar-refractivity contribution >= 4 is 11.5 Å². The molecule has 4 heteroatoms. The fourth-order valence-corrected chi connectivity index (χ4v) is 2.72. The van der Waals surface area contributed by atoms with Crippen LogP contribution < -0.4 is 10.6 Å². The Kier molecular flexibility index (Phi) is 6.12. The van der Waals surface area contributed by atoms with Gasteiger partial charge in [0.05, 0.1) is 0 Å². The number of aromatic nitrogens is 1. The zero-order valence-electron chi connectivity index (χ0n) is 12.9. The number of anilines is 2. The van der Waals surface area contributed by atoms with Crippen molar-refractivity contribution in [3.05, 3.63) is 18.3 Å². The highest BCUT2D eigenvalue weighted by Gasteiger charge is 2.18. The normalized spacial score (nSPS) is 17.1. The Bertz CT molecular complexity index is 386. The molecular weight excluding hydrogens is 248 g/mol. The molecule has 1 aromatic heterocycles. The summed E-state index contributed by atoms with van der Waals surface area (Å²) in [5, 5.41) is 6.99. The van der Waals surface area contributed by atoms with Gasteiger partial charge >= 0.3 is 0 Å². The number of nitrogens with zero attached hydrogens (tertiary/aromatic N) is 2. The molecule has 0 saturated carbocycles. The van der Waals surface area contributed by atoms with Crippen LogP contribution in [0.3, 0.4) is 0 Å². The van der Waals surface area contributed by atoms with Crippen molar-refractivity contribution in [3.8, 4) is 0 Å². The summed E-state index contributed by atoms with van der Waals surface area (Å²) in [6.45, 7) is 9.08. The highest BCUT2D eigenvalue weighted by atomic mass is 15.1. The number of piperidine rings is 1. The molecule has 0 atom stereocenters. The number of nitrogens with one attached hydrogen (secondary N) is 2. The van der Waals surface area contributed by atoms with E-state index in [1.165, 1.54) is 44.6 Å². The van der Waals surface area contributed by atoms with Crippen LogP contribution in [0, 0.1) is 0 Å². The van der Waals surface area contributed by atoms with E-state index in [1.54, 1.807) is 0 Å². The second-order valence-corrected chi connectivity index (χ2v) is 5.62. The molecule has 2 N–H and O–H groups in total. The Labute approximate surface area is 123 Å². The van der Waals surface area contributed by atoms with Gasteiger partial charge in [0, 0.05) is 43.6 Å². The molecule has 0 radical (unpaired) electrons. The van der Waals surface area contributed by atoms with Crippen molar-refractivity contribution in [3.63, 3.8) is 0 Å². The van der Waals surface area contributed by atoms with Gasteiger partial charge in [0.15, 0.2) is 0 Å². The van der Waals surface area contributed by atoms with Gasteiger partial charge in [-0.2, -0.15) is 0 Å². The fourth-order valence-electron chi connectivity index (χ4n) is 2.72. The first-order valence-electron chi connectivity index (χ1n) is 8.00. The standard InChI is InChI=1S/C16H28N4/c1-3-8-17-16-13-15(5-9-18-16)19-14-6-11-20(10-4-2)12-7-14/h5,9,13-14H,3-4,6-8,10-12H2,1-2H3,(H2,17,18,19). The van der Waals surface area contributed by atoms with E-state index in [2.05, 4.69) is 46.5 Å². The maximum Gasteiger partial charge on any atom is 0.127 e. The van der Waals surface area contributed by atoms with Gasteiger partial charge in [-0.3, -0.25) is 0 Å². The van der Waals surface area contributed by atoms with Crippen molar-refractivity contribution in [2.45, 2.75) is 45.6 Å². The summed E-state index contributed by atoms with van der Waals surface area (Å²) in [5.74, 6) is 0.972. The lowest BCUT2D eigenvalue weighted by molar-refractivity contribution is 0.219. The minimum atomic E-state index is 0.601. The van der Waals surface area contributed by atoms with E-state index in [4.69, 9.17) is 0 Å². The number of pyridine rings is 1. The third-order valence-corrected chi connectivity index (χ3v) is 3.81. The molecule has 1 aromatic rings. The summed E-state index contributed by atoms with van der Waals surface area (Å²) < 4.78 is 0. The van der Waals surface area contributed by atoms with Gasteiger partial charge in [-0.05, 0) is 38.3 Å². The van der Waals surface area contributed by atoms with Crippen molar-refractivity contribution in [1.29, 1.82) is 0 Å². The number of hydrogen-bond acceptors (Lipinski definition) is 4. The second kappa shape index (κ2) is 8.10. The quantitative estimate of drug-likeness (QED) is 0.802. The molecule has 1 aliphatic heterocycles. The molecule has 4 nitrogen and oxygen atoms in total. The van der Waals surface area contributed by atoms with Gasteiger partial charge in [0.25, 0.3) is 0 Å². The number of hydrogen-bond donors (Lipinski definition) is 2. The van der Waals surface area contributed by atoms with Crippen LogP contribution in [0.5, 0.6) is 0 Å². The summed E-state index contributed by atoms with van der Waals surface area (Å²) in [7, 11) is 0. The van der Waals surface area contributed by atoms with Gasteiger partial charge in [-0.25, -0.2) is 4.98 Å². The third kappa shape index (κ3) is 4.67. The molecule has 2 heterocycles. The zero-order chi connectivity index (χ0) is 14.2. The van der Waals surface area contributed by atoms with E-state index >= 15 is 0 Å².